The summed E-state index contributed by atoms with van der Waals surface area (Å²) < 4.78 is 15.2. The summed E-state index contributed by atoms with van der Waals surface area (Å²) in [6.07, 6.45) is 3.68. The van der Waals surface area contributed by atoms with Crippen LogP contribution in [0.15, 0.2) is 47.2 Å². The number of imide groups is 1. The Morgan fingerprint density at radius 2 is 1.67 bits per heavy atom. The van der Waals surface area contributed by atoms with Crippen molar-refractivity contribution in [3.63, 3.8) is 0 Å². The fourth-order valence-electron chi connectivity index (χ4n) is 5.82. The van der Waals surface area contributed by atoms with E-state index >= 15 is 0 Å². The van der Waals surface area contributed by atoms with Crippen LogP contribution in [0.5, 0.6) is 0 Å². The van der Waals surface area contributed by atoms with E-state index in [1.54, 1.807) is 4.90 Å². The molecule has 3 aromatic heterocycles. The molecule has 12 nitrogen and oxygen atoms in total. The highest BCUT2D eigenvalue weighted by Crippen LogP contribution is 2.39. The van der Waals surface area contributed by atoms with Gasteiger partial charge in [-0.3, -0.25) is 15.1 Å². The predicted octanol–water partition coefficient (Wildman–Crippen LogP) is 5.88. The van der Waals surface area contributed by atoms with E-state index in [0.717, 1.165) is 39.9 Å². The molecule has 0 spiro atoms. The van der Waals surface area contributed by atoms with Crippen molar-refractivity contribution in [3.8, 4) is 11.1 Å². The molecule has 0 saturated carbocycles. The highest BCUT2D eigenvalue weighted by Gasteiger charge is 2.43. The normalized spacial score (nSPS) is 17.0. The number of anilines is 2. The van der Waals surface area contributed by atoms with Crippen LogP contribution < -0.4 is 15.1 Å². The van der Waals surface area contributed by atoms with Crippen LogP contribution in [0.2, 0.25) is 51.4 Å². The Kier molecular flexibility index (Phi) is 9.96. The van der Waals surface area contributed by atoms with Gasteiger partial charge in [-0.25, -0.2) is 9.78 Å². The molecule has 1 unspecified atom stereocenters. The molecule has 15 heteroatoms. The maximum atomic E-state index is 12.7. The molecule has 256 valence electrons. The zero-order chi connectivity index (χ0) is 34.2. The van der Waals surface area contributed by atoms with Gasteiger partial charge >= 0.3 is 6.03 Å². The van der Waals surface area contributed by atoms with Gasteiger partial charge in [0.2, 0.25) is 0 Å². The number of amides is 3. The van der Waals surface area contributed by atoms with Crippen LogP contribution in [0.1, 0.15) is 0 Å². The summed E-state index contributed by atoms with van der Waals surface area (Å²) in [5, 5.41) is 8.35. The predicted molar refractivity (Wildman–Crippen MR) is 198 cm³/mol. The zero-order valence-electron chi connectivity index (χ0n) is 28.6. The van der Waals surface area contributed by atoms with Gasteiger partial charge in [0.1, 0.15) is 29.8 Å². The van der Waals surface area contributed by atoms with E-state index in [1.165, 1.54) is 0 Å². The fourth-order valence-corrected chi connectivity index (χ4v) is 8.09. The Morgan fingerprint density at radius 1 is 0.979 bits per heavy atom. The number of carbonyl (C=O) groups excluding carboxylic acids is 2. The van der Waals surface area contributed by atoms with E-state index in [4.69, 9.17) is 24.5 Å². The van der Waals surface area contributed by atoms with Crippen LogP contribution in [0.25, 0.3) is 27.7 Å². The average molecular weight is 754 g/mol. The Balaban J connectivity index is 1.43. The van der Waals surface area contributed by atoms with Crippen molar-refractivity contribution in [1.29, 1.82) is 0 Å². The molecule has 1 N–H and O–H groups in total. The quantitative estimate of drug-likeness (QED) is 0.0774. The lowest BCUT2D eigenvalue weighted by molar-refractivity contribution is -0.121. The minimum absolute atomic E-state index is 0.289. The molecule has 0 radical (unpaired) electrons. The van der Waals surface area contributed by atoms with E-state index in [-0.39, 0.29) is 11.9 Å². The molecule has 5 heterocycles. The van der Waals surface area contributed by atoms with Gasteiger partial charge in [0.05, 0.1) is 11.7 Å². The maximum absolute atomic E-state index is 12.7. The lowest BCUT2D eigenvalue weighted by Gasteiger charge is -2.37. The molecular formula is C33H45BrN8O4Si2. The first-order chi connectivity index (χ1) is 22.8. The van der Waals surface area contributed by atoms with Crippen LogP contribution in [0.3, 0.4) is 0 Å². The largest absolute Gasteiger partial charge is 0.361 e. The van der Waals surface area contributed by atoms with Gasteiger partial charge in [-0.05, 0) is 40.2 Å². The number of ether oxygens (including phenoxy) is 2. The smallest absolute Gasteiger partial charge is 0.324 e. The Bertz CT molecular complexity index is 1800. The molecule has 3 amide bonds. The number of urea groups is 1. The van der Waals surface area contributed by atoms with E-state index < -0.39 is 22.2 Å². The summed E-state index contributed by atoms with van der Waals surface area (Å²) in [4.78, 5) is 40.7. The summed E-state index contributed by atoms with van der Waals surface area (Å²) in [7, 11) is -2.60. The molecule has 2 saturated heterocycles. The molecule has 0 aliphatic carbocycles. The first kappa shape index (κ1) is 34.5. The Morgan fingerprint density at radius 3 is 2.35 bits per heavy atom. The van der Waals surface area contributed by atoms with Crippen LogP contribution in [0, 0.1) is 0 Å². The summed E-state index contributed by atoms with van der Waals surface area (Å²) in [5.41, 5.74) is 3.28. The number of carbonyl (C=O) groups is 2. The fraction of sp³-hybridized carbons (Fsp3) is 0.485. The van der Waals surface area contributed by atoms with Gasteiger partial charge < -0.3 is 24.2 Å². The van der Waals surface area contributed by atoms with Crippen LogP contribution in [-0.4, -0.2) is 105 Å². The van der Waals surface area contributed by atoms with Crippen LogP contribution >= 0.6 is 15.9 Å². The van der Waals surface area contributed by atoms with Crippen molar-refractivity contribution in [2.45, 2.75) is 57.4 Å². The molecule has 6 rings (SSSR count). The van der Waals surface area contributed by atoms with Gasteiger partial charge in [-0.15, -0.1) is 0 Å². The highest BCUT2D eigenvalue weighted by molar-refractivity contribution is 9.10. The Hall–Kier alpha value is -3.38. The number of pyridine rings is 1. The Labute approximate surface area is 291 Å². The van der Waals surface area contributed by atoms with Crippen molar-refractivity contribution in [3.05, 3.63) is 47.2 Å². The molecule has 1 atom stereocenters. The number of hydrogen-bond acceptors (Lipinski definition) is 9. The van der Waals surface area contributed by atoms with Crippen LogP contribution in [-0.2, 0) is 14.3 Å². The van der Waals surface area contributed by atoms with E-state index in [9.17, 15) is 9.59 Å². The lowest BCUT2D eigenvalue weighted by Crippen LogP contribution is -2.53. The van der Waals surface area contributed by atoms with Crippen molar-refractivity contribution in [2.75, 3.05) is 56.1 Å². The van der Waals surface area contributed by atoms with Gasteiger partial charge in [0, 0.05) is 71.7 Å². The molecule has 2 aliphatic rings. The second-order valence-corrected chi connectivity index (χ2v) is 27.0. The maximum Gasteiger partial charge on any atom is 0.324 e. The topological polar surface area (TPSA) is 117 Å². The van der Waals surface area contributed by atoms with E-state index in [2.05, 4.69) is 76.4 Å². The van der Waals surface area contributed by atoms with Crippen molar-refractivity contribution >= 4 is 72.2 Å². The number of nitrogens with one attached hydrogen (secondary N) is 1. The van der Waals surface area contributed by atoms with Gasteiger partial charge in [0.15, 0.2) is 11.5 Å². The third-order valence-electron chi connectivity index (χ3n) is 8.71. The summed E-state index contributed by atoms with van der Waals surface area (Å²) in [5.74, 6) is 1.11. The minimum atomic E-state index is -1.30. The number of hydrogen-bond donors (Lipinski definition) is 1. The third-order valence-corrected chi connectivity index (χ3v) is 12.8. The SMILES string of the molecule is C[Si](C)(C)CCOCN(COCC[Si](C)(C)C)c1c(Br)c(N2CCN3C(=O)NC(=O)C3C2)nc2c(-c3cnc4ccccc4c3)cnn12. The summed E-state index contributed by atoms with van der Waals surface area (Å²) in [6, 6.07) is 11.3. The molecule has 0 bridgehead atoms. The summed E-state index contributed by atoms with van der Waals surface area (Å²) in [6.45, 7) is 17.2. The molecule has 4 aromatic rings. The molecule has 48 heavy (non-hydrogen) atoms. The van der Waals surface area contributed by atoms with Crippen LogP contribution in [0.4, 0.5) is 16.4 Å². The number of fused-ring (bicyclic) bond motifs is 3. The number of benzene rings is 1. The van der Waals surface area contributed by atoms with E-state index in [1.807, 2.05) is 41.2 Å². The second kappa shape index (κ2) is 13.9. The van der Waals surface area contributed by atoms with E-state index in [0.29, 0.717) is 62.2 Å². The van der Waals surface area contributed by atoms with Gasteiger partial charge in [0.25, 0.3) is 5.91 Å². The average Bonchev–Trinajstić information content (AvgIpc) is 3.58. The number of piperazine rings is 1. The van der Waals surface area contributed by atoms with Crippen molar-refractivity contribution in [1.82, 2.24) is 29.8 Å². The van der Waals surface area contributed by atoms with Crippen molar-refractivity contribution < 1.29 is 19.1 Å². The minimum Gasteiger partial charge on any atom is -0.361 e. The standard InChI is InChI=1S/C33H45BrN8O4Si2/c1-47(2,3)15-13-45-21-40(22-46-14-16-48(4,5)6)32-28(34)30(39-11-12-41-27(20-39)31(43)38-33(41)44)37-29-25(19-36-42(29)32)24-17-23-9-7-8-10-26(23)35-18-24/h7-10,17-19,27H,11-16,20-22H2,1-6H3,(H,38,43,44). The number of halogens is 1. The summed E-state index contributed by atoms with van der Waals surface area (Å²) >= 11 is 3.92. The molecular weight excluding hydrogens is 708 g/mol. The number of rotatable bonds is 13. The second-order valence-electron chi connectivity index (χ2n) is 15.0. The monoisotopic (exact) mass is 752 g/mol. The van der Waals surface area contributed by atoms with Gasteiger partial charge in [-0.1, -0.05) is 57.5 Å². The number of para-hydroxylation sites is 1. The number of nitrogens with zero attached hydrogens (tertiary/aromatic N) is 7. The first-order valence-corrected chi connectivity index (χ1v) is 24.7. The van der Waals surface area contributed by atoms with Gasteiger partial charge in [-0.2, -0.15) is 9.61 Å². The molecule has 2 fully saturated rings. The number of aromatic nitrogens is 4. The first-order valence-electron chi connectivity index (χ1n) is 16.5. The third kappa shape index (κ3) is 7.59. The highest BCUT2D eigenvalue weighted by atomic mass is 79.9. The zero-order valence-corrected chi connectivity index (χ0v) is 32.2. The molecule has 2 aliphatic heterocycles. The molecule has 1 aromatic carbocycles. The van der Waals surface area contributed by atoms with Crippen molar-refractivity contribution in [2.24, 2.45) is 0 Å². The lowest BCUT2D eigenvalue weighted by atomic mass is 10.1.